The van der Waals surface area contributed by atoms with Crippen molar-refractivity contribution in [3.63, 3.8) is 0 Å². The van der Waals surface area contributed by atoms with Crippen molar-refractivity contribution < 1.29 is 23.7 Å². The fourth-order valence-electron chi connectivity index (χ4n) is 2.18. The zero-order chi connectivity index (χ0) is 15.3. The highest BCUT2D eigenvalue weighted by Crippen LogP contribution is 2.33. The van der Waals surface area contributed by atoms with E-state index in [0.717, 1.165) is 11.1 Å². The van der Waals surface area contributed by atoms with Gasteiger partial charge in [0, 0.05) is 17.2 Å². The lowest BCUT2D eigenvalue weighted by Gasteiger charge is -2.23. The summed E-state index contributed by atoms with van der Waals surface area (Å²) in [5, 5.41) is 0. The minimum Gasteiger partial charge on any atom is -0.496 e. The summed E-state index contributed by atoms with van der Waals surface area (Å²) in [5.74, 6) is -0.468. The van der Waals surface area contributed by atoms with Crippen LogP contribution in [-0.2, 0) is 24.8 Å². The highest BCUT2D eigenvalue weighted by atomic mass is 16.7. The fraction of sp³-hybridized carbons (Fsp3) is 0.438. The van der Waals surface area contributed by atoms with E-state index in [4.69, 9.17) is 18.9 Å². The number of ether oxygens (including phenoxy) is 4. The molecule has 1 saturated heterocycles. The van der Waals surface area contributed by atoms with E-state index in [1.807, 2.05) is 25.1 Å². The maximum atomic E-state index is 11.4. The number of carbonyl (C=O) groups excluding carboxylic acids is 1. The number of benzene rings is 1. The molecule has 0 unspecified atom stereocenters. The first-order valence-corrected chi connectivity index (χ1v) is 6.90. The van der Waals surface area contributed by atoms with Gasteiger partial charge in [-0.3, -0.25) is 0 Å². The lowest BCUT2D eigenvalue weighted by Crippen LogP contribution is -2.22. The highest BCUT2D eigenvalue weighted by molar-refractivity contribution is 5.87. The van der Waals surface area contributed by atoms with Crippen LogP contribution in [0, 0.1) is 0 Å². The Kier molecular flexibility index (Phi) is 4.98. The number of esters is 1. The van der Waals surface area contributed by atoms with Gasteiger partial charge >= 0.3 is 5.97 Å². The van der Waals surface area contributed by atoms with Gasteiger partial charge in [0.15, 0.2) is 5.79 Å². The number of hydrogen-bond donors (Lipinski definition) is 0. The van der Waals surface area contributed by atoms with Gasteiger partial charge in [0.2, 0.25) is 0 Å². The second kappa shape index (κ2) is 6.74. The molecule has 1 fully saturated rings. The monoisotopic (exact) mass is 292 g/mol. The quantitative estimate of drug-likeness (QED) is 0.616. The van der Waals surface area contributed by atoms with Gasteiger partial charge < -0.3 is 18.9 Å². The van der Waals surface area contributed by atoms with E-state index in [1.54, 1.807) is 20.1 Å². The molecule has 5 heteroatoms. The Morgan fingerprint density at radius 3 is 2.71 bits per heavy atom. The van der Waals surface area contributed by atoms with Crippen molar-refractivity contribution in [2.75, 3.05) is 26.9 Å². The van der Waals surface area contributed by atoms with Crippen LogP contribution in [-0.4, -0.2) is 32.9 Å². The van der Waals surface area contributed by atoms with Crippen LogP contribution in [0.3, 0.4) is 0 Å². The van der Waals surface area contributed by atoms with Crippen molar-refractivity contribution in [2.24, 2.45) is 0 Å². The fourth-order valence-corrected chi connectivity index (χ4v) is 2.18. The molecule has 0 spiro atoms. The van der Waals surface area contributed by atoms with Crippen LogP contribution < -0.4 is 4.74 Å². The molecular formula is C16H20O5. The van der Waals surface area contributed by atoms with Crippen LogP contribution >= 0.6 is 0 Å². The third kappa shape index (κ3) is 3.62. The predicted molar refractivity (Wildman–Crippen MR) is 77.9 cm³/mol. The van der Waals surface area contributed by atoms with Crippen LogP contribution in [0.1, 0.15) is 25.0 Å². The largest absolute Gasteiger partial charge is 0.496 e. The Balaban J connectivity index is 2.28. The molecule has 0 atom stereocenters. The van der Waals surface area contributed by atoms with Crippen molar-refractivity contribution >= 4 is 12.0 Å². The van der Waals surface area contributed by atoms with E-state index >= 15 is 0 Å². The maximum Gasteiger partial charge on any atom is 0.330 e. The van der Waals surface area contributed by atoms with Crippen molar-refractivity contribution in [1.29, 1.82) is 0 Å². The highest BCUT2D eigenvalue weighted by Gasteiger charge is 2.33. The number of rotatable bonds is 5. The van der Waals surface area contributed by atoms with Gasteiger partial charge in [0.05, 0.1) is 26.9 Å². The SMILES string of the molecule is CCOC(=O)C=Cc1cc(C2(C)OCCO2)ccc1OC. The molecular weight excluding hydrogens is 272 g/mol. The Morgan fingerprint density at radius 2 is 2.10 bits per heavy atom. The predicted octanol–water partition coefficient (Wildman–Crippen LogP) is 2.49. The molecule has 5 nitrogen and oxygen atoms in total. The van der Waals surface area contributed by atoms with Gasteiger partial charge in [0.1, 0.15) is 5.75 Å². The second-order valence-corrected chi connectivity index (χ2v) is 4.68. The lowest BCUT2D eigenvalue weighted by atomic mass is 10.0. The number of carbonyl (C=O) groups is 1. The minimum absolute atomic E-state index is 0.347. The molecule has 114 valence electrons. The van der Waals surface area contributed by atoms with Crippen LogP contribution in [0.5, 0.6) is 5.75 Å². The summed E-state index contributed by atoms with van der Waals surface area (Å²) in [4.78, 5) is 11.4. The van der Waals surface area contributed by atoms with Crippen molar-refractivity contribution in [3.05, 3.63) is 35.4 Å². The third-order valence-corrected chi connectivity index (χ3v) is 3.28. The molecule has 0 aliphatic carbocycles. The zero-order valence-corrected chi connectivity index (χ0v) is 12.5. The topological polar surface area (TPSA) is 54.0 Å². The first-order valence-electron chi connectivity index (χ1n) is 6.90. The van der Waals surface area contributed by atoms with Crippen LogP contribution in [0.2, 0.25) is 0 Å². The maximum absolute atomic E-state index is 11.4. The standard InChI is InChI=1S/C16H20O5/c1-4-19-15(17)8-5-12-11-13(6-7-14(12)18-3)16(2)20-9-10-21-16/h5-8,11H,4,9-10H2,1-3H3. The zero-order valence-electron chi connectivity index (χ0n) is 12.5. The minimum atomic E-state index is -0.751. The Bertz CT molecular complexity index is 529. The molecule has 0 bridgehead atoms. The van der Waals surface area contributed by atoms with Crippen molar-refractivity contribution in [1.82, 2.24) is 0 Å². The van der Waals surface area contributed by atoms with Gasteiger partial charge in [-0.2, -0.15) is 0 Å². The third-order valence-electron chi connectivity index (χ3n) is 3.28. The van der Waals surface area contributed by atoms with Gasteiger partial charge in [-0.1, -0.05) is 0 Å². The van der Waals surface area contributed by atoms with E-state index in [1.165, 1.54) is 6.08 Å². The molecule has 0 radical (unpaired) electrons. The van der Waals surface area contributed by atoms with E-state index in [2.05, 4.69) is 0 Å². The van der Waals surface area contributed by atoms with Gasteiger partial charge in [-0.25, -0.2) is 4.79 Å². The molecule has 1 aromatic rings. The van der Waals surface area contributed by atoms with Crippen molar-refractivity contribution in [3.8, 4) is 5.75 Å². The van der Waals surface area contributed by atoms with Gasteiger partial charge in [-0.15, -0.1) is 0 Å². The molecule has 0 amide bonds. The molecule has 0 N–H and O–H groups in total. The molecule has 1 aliphatic heterocycles. The van der Waals surface area contributed by atoms with Crippen LogP contribution in [0.25, 0.3) is 6.08 Å². The molecule has 2 rings (SSSR count). The molecule has 1 aliphatic rings. The summed E-state index contributed by atoms with van der Waals surface area (Å²) >= 11 is 0. The lowest BCUT2D eigenvalue weighted by molar-refractivity contribution is -0.149. The van der Waals surface area contributed by atoms with Crippen LogP contribution in [0.4, 0.5) is 0 Å². The summed E-state index contributed by atoms with van der Waals surface area (Å²) in [6.07, 6.45) is 3.04. The first-order chi connectivity index (χ1) is 10.1. The molecule has 1 heterocycles. The van der Waals surface area contributed by atoms with Crippen molar-refractivity contribution in [2.45, 2.75) is 19.6 Å². The normalized spacial score (nSPS) is 17.1. The van der Waals surface area contributed by atoms with E-state index in [0.29, 0.717) is 25.6 Å². The average Bonchev–Trinajstić information content (AvgIpc) is 2.93. The number of methoxy groups -OCH3 is 1. The molecule has 0 aromatic heterocycles. The molecule has 21 heavy (non-hydrogen) atoms. The smallest absolute Gasteiger partial charge is 0.330 e. The average molecular weight is 292 g/mol. The van der Waals surface area contributed by atoms with Gasteiger partial charge in [-0.05, 0) is 38.1 Å². The number of hydrogen-bond acceptors (Lipinski definition) is 5. The molecule has 0 saturated carbocycles. The van der Waals surface area contributed by atoms with Crippen LogP contribution in [0.15, 0.2) is 24.3 Å². The van der Waals surface area contributed by atoms with E-state index in [-0.39, 0.29) is 5.97 Å². The van der Waals surface area contributed by atoms with E-state index in [9.17, 15) is 4.79 Å². The molecule has 1 aromatic carbocycles. The summed E-state index contributed by atoms with van der Waals surface area (Å²) in [7, 11) is 1.58. The summed E-state index contributed by atoms with van der Waals surface area (Å²) in [5.41, 5.74) is 1.65. The second-order valence-electron chi connectivity index (χ2n) is 4.68. The Hall–Kier alpha value is -1.85. The Morgan fingerprint density at radius 1 is 1.38 bits per heavy atom. The van der Waals surface area contributed by atoms with Gasteiger partial charge in [0.25, 0.3) is 0 Å². The summed E-state index contributed by atoms with van der Waals surface area (Å²) in [6, 6.07) is 5.61. The van der Waals surface area contributed by atoms with E-state index < -0.39 is 5.79 Å². The summed E-state index contributed by atoms with van der Waals surface area (Å²) in [6.45, 7) is 5.12. The Labute approximate surface area is 124 Å². The first kappa shape index (κ1) is 15.5. The summed E-state index contributed by atoms with van der Waals surface area (Å²) < 4.78 is 21.5.